The molecular formula is C14H19FN4O2S. The molecule has 0 aliphatic carbocycles. The lowest BCUT2D eigenvalue weighted by Crippen LogP contribution is -2.26. The largest absolute Gasteiger partial charge is 0.312 e. The van der Waals surface area contributed by atoms with E-state index in [1.54, 1.807) is 18.3 Å². The Hall–Kier alpha value is -1.77. The van der Waals surface area contributed by atoms with Crippen LogP contribution in [0.15, 0.2) is 30.5 Å². The smallest absolute Gasteiger partial charge is 0.208 e. The van der Waals surface area contributed by atoms with Gasteiger partial charge in [0.05, 0.1) is 18.1 Å². The zero-order chi connectivity index (χ0) is 16.0. The van der Waals surface area contributed by atoms with Gasteiger partial charge in [-0.25, -0.2) is 17.5 Å². The number of hydrogen-bond acceptors (Lipinski definition) is 4. The molecule has 0 fully saturated rings. The zero-order valence-electron chi connectivity index (χ0n) is 12.3. The van der Waals surface area contributed by atoms with Crippen LogP contribution < -0.4 is 10.0 Å². The number of hydrogen-bond donors (Lipinski definition) is 3. The van der Waals surface area contributed by atoms with E-state index in [-0.39, 0.29) is 5.82 Å². The lowest BCUT2D eigenvalue weighted by atomic mass is 10.1. The van der Waals surface area contributed by atoms with E-state index < -0.39 is 10.0 Å². The van der Waals surface area contributed by atoms with Gasteiger partial charge >= 0.3 is 0 Å². The van der Waals surface area contributed by atoms with E-state index in [0.717, 1.165) is 23.1 Å². The van der Waals surface area contributed by atoms with E-state index in [1.165, 1.54) is 12.1 Å². The molecule has 0 spiro atoms. The summed E-state index contributed by atoms with van der Waals surface area (Å²) in [5.41, 5.74) is 2.69. The van der Waals surface area contributed by atoms with Gasteiger partial charge in [0.25, 0.3) is 0 Å². The molecule has 0 aliphatic heterocycles. The molecule has 0 saturated carbocycles. The highest BCUT2D eigenvalue weighted by Crippen LogP contribution is 2.21. The molecule has 0 radical (unpaired) electrons. The van der Waals surface area contributed by atoms with E-state index in [4.69, 9.17) is 0 Å². The molecule has 2 aromatic rings. The van der Waals surface area contributed by atoms with Crippen LogP contribution in [0.25, 0.3) is 11.3 Å². The predicted molar refractivity (Wildman–Crippen MR) is 83.2 cm³/mol. The number of nitrogens with zero attached hydrogens (tertiary/aromatic N) is 1. The zero-order valence-corrected chi connectivity index (χ0v) is 13.1. The summed E-state index contributed by atoms with van der Waals surface area (Å²) < 4.78 is 37.2. The van der Waals surface area contributed by atoms with Crippen LogP contribution >= 0.6 is 0 Å². The van der Waals surface area contributed by atoms with Gasteiger partial charge in [-0.2, -0.15) is 5.10 Å². The summed E-state index contributed by atoms with van der Waals surface area (Å²) in [5.74, 6) is -0.277. The van der Waals surface area contributed by atoms with Crippen molar-refractivity contribution >= 4 is 10.0 Å². The number of halogens is 1. The molecule has 0 aliphatic rings. The number of aromatic amines is 1. The first-order chi connectivity index (χ1) is 10.5. The molecule has 1 heterocycles. The van der Waals surface area contributed by atoms with Gasteiger partial charge in [-0.05, 0) is 37.2 Å². The maximum atomic E-state index is 12.9. The van der Waals surface area contributed by atoms with Crippen molar-refractivity contribution in [1.29, 1.82) is 0 Å². The topological polar surface area (TPSA) is 86.9 Å². The number of H-pyrrole nitrogens is 1. The van der Waals surface area contributed by atoms with Crippen molar-refractivity contribution in [1.82, 2.24) is 20.2 Å². The Morgan fingerprint density at radius 3 is 2.64 bits per heavy atom. The fraction of sp³-hybridized carbons (Fsp3) is 0.357. The fourth-order valence-corrected chi connectivity index (χ4v) is 2.52. The molecule has 0 amide bonds. The average Bonchev–Trinajstić information content (AvgIpc) is 2.91. The third kappa shape index (κ3) is 5.21. The number of aromatic nitrogens is 2. The number of sulfonamides is 1. The molecule has 22 heavy (non-hydrogen) atoms. The van der Waals surface area contributed by atoms with Crippen molar-refractivity contribution in [2.24, 2.45) is 0 Å². The average molecular weight is 326 g/mol. The Morgan fingerprint density at radius 2 is 1.95 bits per heavy atom. The van der Waals surface area contributed by atoms with Crippen molar-refractivity contribution < 1.29 is 12.8 Å². The van der Waals surface area contributed by atoms with Gasteiger partial charge in [-0.3, -0.25) is 5.10 Å². The Bertz CT molecular complexity index is 698. The Morgan fingerprint density at radius 1 is 1.23 bits per heavy atom. The number of benzene rings is 1. The molecule has 0 unspecified atom stereocenters. The highest BCUT2D eigenvalue weighted by molar-refractivity contribution is 7.88. The van der Waals surface area contributed by atoms with Crippen LogP contribution in [0.5, 0.6) is 0 Å². The Kier molecular flexibility index (Phi) is 5.64. The SMILES string of the molecule is CS(=O)(=O)NCCCNCc1cn[nH]c1-c1ccc(F)cc1. The molecule has 1 aromatic heterocycles. The fourth-order valence-electron chi connectivity index (χ4n) is 2.01. The number of nitrogens with one attached hydrogen (secondary N) is 3. The molecule has 6 nitrogen and oxygen atoms in total. The Labute approximate surface area is 129 Å². The van der Waals surface area contributed by atoms with Crippen LogP contribution in [0.2, 0.25) is 0 Å². The summed E-state index contributed by atoms with van der Waals surface area (Å²) in [6.07, 6.45) is 3.55. The molecule has 0 saturated heterocycles. The molecule has 3 N–H and O–H groups in total. The minimum Gasteiger partial charge on any atom is -0.312 e. The van der Waals surface area contributed by atoms with E-state index in [2.05, 4.69) is 20.2 Å². The second kappa shape index (κ2) is 7.48. The van der Waals surface area contributed by atoms with Crippen LogP contribution in [0, 0.1) is 5.82 Å². The van der Waals surface area contributed by atoms with E-state index in [0.29, 0.717) is 26.1 Å². The second-order valence-corrected chi connectivity index (χ2v) is 6.81. The first kappa shape index (κ1) is 16.6. The van der Waals surface area contributed by atoms with Crippen molar-refractivity contribution in [2.75, 3.05) is 19.3 Å². The monoisotopic (exact) mass is 326 g/mol. The maximum absolute atomic E-state index is 12.9. The summed E-state index contributed by atoms with van der Waals surface area (Å²) in [4.78, 5) is 0. The first-order valence-electron chi connectivity index (χ1n) is 6.89. The van der Waals surface area contributed by atoms with E-state index in [9.17, 15) is 12.8 Å². The molecule has 1 aromatic carbocycles. The van der Waals surface area contributed by atoms with Gasteiger partial charge in [0.15, 0.2) is 0 Å². The third-order valence-corrected chi connectivity index (χ3v) is 3.79. The van der Waals surface area contributed by atoms with Crippen LogP contribution in [0.1, 0.15) is 12.0 Å². The summed E-state index contributed by atoms with van der Waals surface area (Å²) in [5, 5.41) is 10.2. The van der Waals surface area contributed by atoms with Crippen LogP contribution in [-0.4, -0.2) is 38.0 Å². The second-order valence-electron chi connectivity index (χ2n) is 4.97. The van der Waals surface area contributed by atoms with Crippen LogP contribution in [0.3, 0.4) is 0 Å². The highest BCUT2D eigenvalue weighted by Gasteiger charge is 2.07. The minimum atomic E-state index is -3.12. The minimum absolute atomic E-state index is 0.277. The predicted octanol–water partition coefficient (Wildman–Crippen LogP) is 1.24. The quantitative estimate of drug-likeness (QED) is 0.637. The van der Waals surface area contributed by atoms with Crippen molar-refractivity contribution in [3.63, 3.8) is 0 Å². The molecule has 2 rings (SSSR count). The Balaban J connectivity index is 1.82. The van der Waals surface area contributed by atoms with Gasteiger partial charge in [0.2, 0.25) is 10.0 Å². The molecule has 0 atom stereocenters. The summed E-state index contributed by atoms with van der Waals surface area (Å²) >= 11 is 0. The normalized spacial score (nSPS) is 11.7. The van der Waals surface area contributed by atoms with Gasteiger partial charge in [0.1, 0.15) is 5.82 Å². The molecular weight excluding hydrogens is 307 g/mol. The summed E-state index contributed by atoms with van der Waals surface area (Å²) in [7, 11) is -3.12. The standard InChI is InChI=1S/C14H19FN4O2S/c1-22(20,21)18-8-2-7-16-9-12-10-17-19-14(12)11-3-5-13(15)6-4-11/h3-6,10,16,18H,2,7-9H2,1H3,(H,17,19). The van der Waals surface area contributed by atoms with Crippen molar-refractivity contribution in [2.45, 2.75) is 13.0 Å². The van der Waals surface area contributed by atoms with Crippen molar-refractivity contribution in [3.8, 4) is 11.3 Å². The van der Waals surface area contributed by atoms with Gasteiger partial charge in [-0.15, -0.1) is 0 Å². The van der Waals surface area contributed by atoms with E-state index >= 15 is 0 Å². The molecule has 8 heteroatoms. The van der Waals surface area contributed by atoms with Crippen LogP contribution in [0.4, 0.5) is 4.39 Å². The van der Waals surface area contributed by atoms with Gasteiger partial charge in [-0.1, -0.05) is 0 Å². The highest BCUT2D eigenvalue weighted by atomic mass is 32.2. The molecule has 120 valence electrons. The van der Waals surface area contributed by atoms with Crippen LogP contribution in [-0.2, 0) is 16.6 Å². The maximum Gasteiger partial charge on any atom is 0.208 e. The van der Waals surface area contributed by atoms with Crippen molar-refractivity contribution in [3.05, 3.63) is 41.8 Å². The lowest BCUT2D eigenvalue weighted by molar-refractivity contribution is 0.579. The first-order valence-corrected chi connectivity index (χ1v) is 8.78. The third-order valence-electron chi connectivity index (χ3n) is 3.06. The molecule has 0 bridgehead atoms. The summed E-state index contributed by atoms with van der Waals surface area (Å²) in [6, 6.07) is 6.21. The summed E-state index contributed by atoms with van der Waals surface area (Å²) in [6.45, 7) is 1.68. The number of rotatable bonds is 8. The van der Waals surface area contributed by atoms with Gasteiger partial charge < -0.3 is 5.32 Å². The lowest BCUT2D eigenvalue weighted by Gasteiger charge is -2.06. The van der Waals surface area contributed by atoms with E-state index in [1.807, 2.05) is 0 Å². The van der Waals surface area contributed by atoms with Gasteiger partial charge in [0, 0.05) is 24.2 Å².